The van der Waals surface area contributed by atoms with Crippen LogP contribution in [0.2, 0.25) is 0 Å². The van der Waals surface area contributed by atoms with Gasteiger partial charge < -0.3 is 5.73 Å². The number of nitrogens with two attached hydrogens (primary N) is 1. The molecule has 0 spiro atoms. The molecule has 4 heteroatoms. The normalized spacial score (nSPS) is 10.9. The van der Waals surface area contributed by atoms with Crippen LogP contribution >= 0.6 is 11.3 Å². The van der Waals surface area contributed by atoms with Crippen LogP contribution in [0.25, 0.3) is 0 Å². The van der Waals surface area contributed by atoms with E-state index in [9.17, 15) is 0 Å². The van der Waals surface area contributed by atoms with Crippen LogP contribution in [0.15, 0.2) is 35.7 Å². The van der Waals surface area contributed by atoms with Crippen molar-refractivity contribution in [3.8, 4) is 0 Å². The van der Waals surface area contributed by atoms with Gasteiger partial charge in [-0.15, -0.1) is 11.3 Å². The Labute approximate surface area is 99.5 Å². The summed E-state index contributed by atoms with van der Waals surface area (Å²) in [4.78, 5) is 6.47. The van der Waals surface area contributed by atoms with Gasteiger partial charge in [-0.25, -0.2) is 4.98 Å². The summed E-state index contributed by atoms with van der Waals surface area (Å²) in [5.41, 5.74) is 7.95. The number of anilines is 1. The number of hydrogen-bond acceptors (Lipinski definition) is 4. The van der Waals surface area contributed by atoms with Gasteiger partial charge in [-0.05, 0) is 12.6 Å². The monoisotopic (exact) mass is 233 g/mol. The van der Waals surface area contributed by atoms with Crippen LogP contribution in [0.1, 0.15) is 11.3 Å². The molecular formula is C12H15N3S. The molecule has 0 bridgehead atoms. The average Bonchev–Trinajstić information content (AvgIpc) is 2.65. The summed E-state index contributed by atoms with van der Waals surface area (Å²) in [5, 5.41) is 2.65. The van der Waals surface area contributed by atoms with Gasteiger partial charge >= 0.3 is 0 Å². The maximum atomic E-state index is 5.60. The summed E-state index contributed by atoms with van der Waals surface area (Å²) >= 11 is 1.49. The third kappa shape index (κ3) is 3.05. The van der Waals surface area contributed by atoms with Crippen LogP contribution in [0.5, 0.6) is 0 Å². The zero-order valence-corrected chi connectivity index (χ0v) is 10.1. The molecular weight excluding hydrogens is 218 g/mol. The van der Waals surface area contributed by atoms with Crippen molar-refractivity contribution in [2.75, 3.05) is 12.8 Å². The van der Waals surface area contributed by atoms with Gasteiger partial charge in [0, 0.05) is 18.5 Å². The maximum Gasteiger partial charge on any atom is 0.180 e. The molecule has 1 heterocycles. The molecule has 0 atom stereocenters. The molecule has 0 saturated carbocycles. The van der Waals surface area contributed by atoms with Crippen LogP contribution in [-0.2, 0) is 13.1 Å². The van der Waals surface area contributed by atoms with Crippen molar-refractivity contribution in [2.45, 2.75) is 13.1 Å². The molecule has 2 N–H and O–H groups in total. The van der Waals surface area contributed by atoms with E-state index in [0.29, 0.717) is 5.13 Å². The molecule has 0 fully saturated rings. The molecule has 0 saturated heterocycles. The Balaban J connectivity index is 1.92. The first-order valence-electron chi connectivity index (χ1n) is 5.16. The molecule has 0 aliphatic rings. The van der Waals surface area contributed by atoms with E-state index in [4.69, 9.17) is 5.73 Å². The number of nitrogens with zero attached hydrogens (tertiary/aromatic N) is 2. The second-order valence-corrected chi connectivity index (χ2v) is 4.72. The standard InChI is InChI=1S/C12H15N3S/c1-15(7-10-5-3-2-4-6-10)8-11-9-16-12(13)14-11/h2-6,9H,7-8H2,1H3,(H2,13,14). The molecule has 0 aliphatic heterocycles. The van der Waals surface area contributed by atoms with E-state index in [0.717, 1.165) is 18.8 Å². The number of thiazole rings is 1. The molecule has 0 aliphatic carbocycles. The van der Waals surface area contributed by atoms with E-state index in [1.165, 1.54) is 16.9 Å². The SMILES string of the molecule is CN(Cc1ccccc1)Cc1csc(N)n1. The average molecular weight is 233 g/mol. The smallest absolute Gasteiger partial charge is 0.180 e. The lowest BCUT2D eigenvalue weighted by Gasteiger charge is -2.14. The second kappa shape index (κ2) is 5.09. The third-order valence-electron chi connectivity index (χ3n) is 2.30. The van der Waals surface area contributed by atoms with E-state index in [2.05, 4.69) is 41.2 Å². The van der Waals surface area contributed by atoms with Crippen molar-refractivity contribution >= 4 is 16.5 Å². The molecule has 84 valence electrons. The molecule has 0 unspecified atom stereocenters. The third-order valence-corrected chi connectivity index (χ3v) is 3.02. The fourth-order valence-electron chi connectivity index (χ4n) is 1.62. The zero-order chi connectivity index (χ0) is 11.4. The van der Waals surface area contributed by atoms with Gasteiger partial charge in [-0.3, -0.25) is 4.90 Å². The van der Waals surface area contributed by atoms with Gasteiger partial charge in [0.25, 0.3) is 0 Å². The summed E-state index contributed by atoms with van der Waals surface area (Å²) in [6, 6.07) is 10.4. The summed E-state index contributed by atoms with van der Waals surface area (Å²) in [7, 11) is 2.09. The predicted molar refractivity (Wildman–Crippen MR) is 68.1 cm³/mol. The van der Waals surface area contributed by atoms with Gasteiger partial charge in [-0.2, -0.15) is 0 Å². The predicted octanol–water partition coefficient (Wildman–Crippen LogP) is 2.36. The summed E-state index contributed by atoms with van der Waals surface area (Å²) in [6.07, 6.45) is 0. The summed E-state index contributed by atoms with van der Waals surface area (Å²) in [6.45, 7) is 1.76. The van der Waals surface area contributed by atoms with Crippen molar-refractivity contribution in [1.82, 2.24) is 9.88 Å². The number of aromatic nitrogens is 1. The maximum absolute atomic E-state index is 5.60. The Morgan fingerprint density at radius 2 is 2.00 bits per heavy atom. The molecule has 2 aromatic rings. The van der Waals surface area contributed by atoms with Crippen LogP contribution in [0.4, 0.5) is 5.13 Å². The zero-order valence-electron chi connectivity index (χ0n) is 9.26. The Kier molecular flexibility index (Phi) is 3.54. The quantitative estimate of drug-likeness (QED) is 0.881. The van der Waals surface area contributed by atoms with Gasteiger partial charge in [0.15, 0.2) is 5.13 Å². The minimum absolute atomic E-state index is 0.642. The van der Waals surface area contributed by atoms with Crippen molar-refractivity contribution in [1.29, 1.82) is 0 Å². The largest absolute Gasteiger partial charge is 0.375 e. The molecule has 0 radical (unpaired) electrons. The van der Waals surface area contributed by atoms with Crippen LogP contribution in [0.3, 0.4) is 0 Å². The summed E-state index contributed by atoms with van der Waals surface area (Å²) < 4.78 is 0. The van der Waals surface area contributed by atoms with Crippen molar-refractivity contribution in [3.63, 3.8) is 0 Å². The first-order valence-corrected chi connectivity index (χ1v) is 6.04. The highest BCUT2D eigenvalue weighted by atomic mass is 32.1. The fraction of sp³-hybridized carbons (Fsp3) is 0.250. The molecule has 2 rings (SSSR count). The highest BCUT2D eigenvalue weighted by Crippen LogP contribution is 2.13. The molecule has 1 aromatic carbocycles. The lowest BCUT2D eigenvalue weighted by molar-refractivity contribution is 0.316. The fourth-order valence-corrected chi connectivity index (χ4v) is 2.18. The first kappa shape index (κ1) is 11.1. The van der Waals surface area contributed by atoms with Crippen LogP contribution in [0, 0.1) is 0 Å². The summed E-state index contributed by atoms with van der Waals surface area (Å²) in [5.74, 6) is 0. The van der Waals surface area contributed by atoms with Crippen molar-refractivity contribution in [3.05, 3.63) is 47.0 Å². The van der Waals surface area contributed by atoms with E-state index >= 15 is 0 Å². The van der Waals surface area contributed by atoms with E-state index in [-0.39, 0.29) is 0 Å². The van der Waals surface area contributed by atoms with Crippen LogP contribution in [-0.4, -0.2) is 16.9 Å². The Morgan fingerprint density at radius 1 is 1.25 bits per heavy atom. The Hall–Kier alpha value is -1.39. The molecule has 16 heavy (non-hydrogen) atoms. The minimum Gasteiger partial charge on any atom is -0.375 e. The number of rotatable bonds is 4. The first-order chi connectivity index (χ1) is 7.74. The topological polar surface area (TPSA) is 42.1 Å². The minimum atomic E-state index is 0.642. The highest BCUT2D eigenvalue weighted by molar-refractivity contribution is 7.13. The van der Waals surface area contributed by atoms with Gasteiger partial charge in [0.05, 0.1) is 5.69 Å². The van der Waals surface area contributed by atoms with Crippen molar-refractivity contribution in [2.24, 2.45) is 0 Å². The lowest BCUT2D eigenvalue weighted by Crippen LogP contribution is -2.17. The number of hydrogen-bond donors (Lipinski definition) is 1. The number of nitrogen functional groups attached to an aromatic ring is 1. The van der Waals surface area contributed by atoms with Gasteiger partial charge in [0.2, 0.25) is 0 Å². The van der Waals surface area contributed by atoms with Crippen LogP contribution < -0.4 is 5.73 Å². The van der Waals surface area contributed by atoms with Crippen molar-refractivity contribution < 1.29 is 0 Å². The number of benzene rings is 1. The molecule has 0 amide bonds. The Morgan fingerprint density at radius 3 is 2.62 bits per heavy atom. The van der Waals surface area contributed by atoms with E-state index in [1.807, 2.05) is 11.4 Å². The lowest BCUT2D eigenvalue weighted by atomic mass is 10.2. The second-order valence-electron chi connectivity index (χ2n) is 3.83. The van der Waals surface area contributed by atoms with Gasteiger partial charge in [-0.1, -0.05) is 30.3 Å². The molecule has 1 aromatic heterocycles. The Bertz CT molecular complexity index is 439. The van der Waals surface area contributed by atoms with E-state index < -0.39 is 0 Å². The molecule has 3 nitrogen and oxygen atoms in total. The highest BCUT2D eigenvalue weighted by Gasteiger charge is 2.04. The van der Waals surface area contributed by atoms with E-state index in [1.54, 1.807) is 0 Å². The van der Waals surface area contributed by atoms with Gasteiger partial charge in [0.1, 0.15) is 0 Å².